The molecule has 2 aromatic rings. The van der Waals surface area contributed by atoms with E-state index in [1.807, 2.05) is 26.0 Å². The molecule has 0 unspecified atom stereocenters. The molecule has 0 atom stereocenters. The number of rotatable bonds is 0. The average molecular weight is 271 g/mol. The SMILES string of the molecule is Cc1cc(C)c2c3c(c(=O)n(C)c2c1)C(=O)CC(=O)O3. The summed E-state index contributed by atoms with van der Waals surface area (Å²) in [5.41, 5.74) is 2.09. The van der Waals surface area contributed by atoms with Gasteiger partial charge in [-0.15, -0.1) is 0 Å². The Balaban J connectivity index is 2.58. The Kier molecular flexibility index (Phi) is 2.54. The van der Waals surface area contributed by atoms with Gasteiger partial charge in [0.15, 0.2) is 11.5 Å². The molecule has 5 heteroatoms. The first-order valence-corrected chi connectivity index (χ1v) is 6.28. The summed E-state index contributed by atoms with van der Waals surface area (Å²) in [6, 6.07) is 3.77. The maximum absolute atomic E-state index is 12.3. The molecule has 1 aliphatic heterocycles. The fourth-order valence-electron chi connectivity index (χ4n) is 2.72. The lowest BCUT2D eigenvalue weighted by molar-refractivity contribution is -0.133. The molecule has 20 heavy (non-hydrogen) atoms. The number of benzene rings is 1. The van der Waals surface area contributed by atoms with Crippen molar-refractivity contribution in [1.29, 1.82) is 0 Å². The highest BCUT2D eigenvalue weighted by Gasteiger charge is 2.31. The second kappa shape index (κ2) is 4.03. The molecule has 0 saturated heterocycles. The van der Waals surface area contributed by atoms with Crippen LogP contribution < -0.4 is 10.3 Å². The molecule has 0 bridgehead atoms. The van der Waals surface area contributed by atoms with E-state index in [1.54, 1.807) is 7.05 Å². The molecule has 0 fully saturated rings. The van der Waals surface area contributed by atoms with Gasteiger partial charge in [-0.3, -0.25) is 14.4 Å². The number of carbonyl (C=O) groups is 2. The van der Waals surface area contributed by atoms with Crippen molar-refractivity contribution in [2.45, 2.75) is 20.3 Å². The molecule has 0 radical (unpaired) electrons. The monoisotopic (exact) mass is 271 g/mol. The highest BCUT2D eigenvalue weighted by molar-refractivity contribution is 6.14. The number of pyridine rings is 1. The largest absolute Gasteiger partial charge is 0.424 e. The summed E-state index contributed by atoms with van der Waals surface area (Å²) in [6.07, 6.45) is -0.376. The lowest BCUT2D eigenvalue weighted by Gasteiger charge is -2.19. The predicted octanol–water partition coefficient (Wildman–Crippen LogP) is 1.65. The summed E-state index contributed by atoms with van der Waals surface area (Å²) in [5, 5.41) is 0.647. The smallest absolute Gasteiger partial charge is 0.319 e. The Bertz CT molecular complexity index is 845. The third-order valence-corrected chi connectivity index (χ3v) is 3.59. The molecule has 0 aliphatic carbocycles. The van der Waals surface area contributed by atoms with Crippen LogP contribution in [0.2, 0.25) is 0 Å². The van der Waals surface area contributed by atoms with Gasteiger partial charge >= 0.3 is 5.97 Å². The van der Waals surface area contributed by atoms with Crippen LogP contribution in [0, 0.1) is 13.8 Å². The van der Waals surface area contributed by atoms with Crippen molar-refractivity contribution in [2.75, 3.05) is 0 Å². The van der Waals surface area contributed by atoms with Gasteiger partial charge in [-0.05, 0) is 31.0 Å². The first kappa shape index (κ1) is 12.6. The summed E-state index contributed by atoms with van der Waals surface area (Å²) in [4.78, 5) is 35.8. The van der Waals surface area contributed by atoms with Crippen LogP contribution in [0.25, 0.3) is 10.9 Å². The van der Waals surface area contributed by atoms with Crippen LogP contribution >= 0.6 is 0 Å². The van der Waals surface area contributed by atoms with Crippen LogP contribution in [-0.4, -0.2) is 16.3 Å². The summed E-state index contributed by atoms with van der Waals surface area (Å²) in [5.74, 6) is -0.974. The normalized spacial score (nSPS) is 14.3. The Hall–Kier alpha value is -2.43. The summed E-state index contributed by atoms with van der Waals surface area (Å²) in [7, 11) is 1.62. The van der Waals surface area contributed by atoms with E-state index in [2.05, 4.69) is 0 Å². The van der Waals surface area contributed by atoms with E-state index in [0.717, 1.165) is 11.1 Å². The first-order chi connectivity index (χ1) is 9.40. The van der Waals surface area contributed by atoms with Crippen molar-refractivity contribution in [3.8, 4) is 5.75 Å². The Morgan fingerprint density at radius 1 is 1.15 bits per heavy atom. The van der Waals surface area contributed by atoms with Crippen molar-refractivity contribution in [3.63, 3.8) is 0 Å². The zero-order valence-corrected chi connectivity index (χ0v) is 11.4. The fourth-order valence-corrected chi connectivity index (χ4v) is 2.72. The number of hydrogen-bond donors (Lipinski definition) is 0. The second-order valence-corrected chi connectivity index (χ2v) is 5.12. The zero-order valence-electron chi connectivity index (χ0n) is 11.4. The minimum absolute atomic E-state index is 0.0217. The molecule has 0 saturated carbocycles. The van der Waals surface area contributed by atoms with Crippen LogP contribution in [0.1, 0.15) is 27.9 Å². The minimum atomic E-state index is -0.614. The highest BCUT2D eigenvalue weighted by atomic mass is 16.5. The Morgan fingerprint density at radius 2 is 1.85 bits per heavy atom. The molecule has 1 aromatic heterocycles. The van der Waals surface area contributed by atoms with Gasteiger partial charge in [-0.1, -0.05) is 6.07 Å². The number of carbonyl (C=O) groups excluding carboxylic acids is 2. The maximum atomic E-state index is 12.3. The summed E-state index contributed by atoms with van der Waals surface area (Å²) >= 11 is 0. The zero-order chi connectivity index (χ0) is 14.6. The topological polar surface area (TPSA) is 65.4 Å². The Labute approximate surface area is 114 Å². The molecule has 1 aliphatic rings. The lowest BCUT2D eigenvalue weighted by atomic mass is 9.98. The molecular formula is C15H13NO4. The van der Waals surface area contributed by atoms with Crippen molar-refractivity contribution in [1.82, 2.24) is 4.57 Å². The van der Waals surface area contributed by atoms with Crippen molar-refractivity contribution in [3.05, 3.63) is 39.2 Å². The molecule has 3 rings (SSSR count). The van der Waals surface area contributed by atoms with Crippen molar-refractivity contribution in [2.24, 2.45) is 7.05 Å². The van der Waals surface area contributed by atoms with Crippen LogP contribution in [-0.2, 0) is 11.8 Å². The number of fused-ring (bicyclic) bond motifs is 3. The van der Waals surface area contributed by atoms with Gasteiger partial charge in [-0.25, -0.2) is 0 Å². The van der Waals surface area contributed by atoms with Crippen molar-refractivity contribution < 1.29 is 14.3 Å². The number of aryl methyl sites for hydroxylation is 3. The van der Waals surface area contributed by atoms with E-state index in [4.69, 9.17) is 4.74 Å². The van der Waals surface area contributed by atoms with Gasteiger partial charge in [0.1, 0.15) is 12.0 Å². The second-order valence-electron chi connectivity index (χ2n) is 5.12. The average Bonchev–Trinajstić information content (AvgIpc) is 2.34. The number of ether oxygens (including phenoxy) is 1. The molecule has 2 heterocycles. The van der Waals surface area contributed by atoms with Crippen LogP contribution in [0.5, 0.6) is 5.75 Å². The third kappa shape index (κ3) is 1.59. The minimum Gasteiger partial charge on any atom is -0.424 e. The number of hydrogen-bond acceptors (Lipinski definition) is 4. The van der Waals surface area contributed by atoms with Crippen molar-refractivity contribution >= 4 is 22.7 Å². The van der Waals surface area contributed by atoms with Gasteiger partial charge in [0.2, 0.25) is 0 Å². The summed E-state index contributed by atoms with van der Waals surface area (Å²) in [6.45, 7) is 3.79. The van der Waals surface area contributed by atoms with E-state index in [-0.39, 0.29) is 17.7 Å². The van der Waals surface area contributed by atoms with Gasteiger partial charge in [0.05, 0.1) is 5.52 Å². The molecular weight excluding hydrogens is 258 g/mol. The number of nitrogens with zero attached hydrogens (tertiary/aromatic N) is 1. The molecule has 5 nitrogen and oxygen atoms in total. The predicted molar refractivity (Wildman–Crippen MR) is 73.2 cm³/mol. The van der Waals surface area contributed by atoms with Gasteiger partial charge in [-0.2, -0.15) is 0 Å². The summed E-state index contributed by atoms with van der Waals surface area (Å²) < 4.78 is 6.63. The number of Topliss-reactive ketones (excluding diaryl/α,β-unsaturated/α-hetero) is 1. The van der Waals surface area contributed by atoms with E-state index in [0.29, 0.717) is 10.9 Å². The fraction of sp³-hybridized carbons (Fsp3) is 0.267. The molecule has 0 N–H and O–H groups in total. The quantitative estimate of drug-likeness (QED) is 0.540. The number of aromatic nitrogens is 1. The van der Waals surface area contributed by atoms with E-state index in [9.17, 15) is 14.4 Å². The number of ketones is 1. The van der Waals surface area contributed by atoms with Crippen LogP contribution in [0.4, 0.5) is 0 Å². The van der Waals surface area contributed by atoms with Crippen LogP contribution in [0.15, 0.2) is 16.9 Å². The van der Waals surface area contributed by atoms with Gasteiger partial charge in [0, 0.05) is 12.4 Å². The van der Waals surface area contributed by atoms with Crippen LogP contribution in [0.3, 0.4) is 0 Å². The van der Waals surface area contributed by atoms with E-state index >= 15 is 0 Å². The van der Waals surface area contributed by atoms with E-state index < -0.39 is 17.3 Å². The van der Waals surface area contributed by atoms with E-state index in [1.165, 1.54) is 4.57 Å². The molecule has 1 aromatic carbocycles. The number of esters is 1. The standard InChI is InChI=1S/C15H13NO4/c1-7-4-8(2)12-9(5-7)16(3)15(19)13-10(17)6-11(18)20-14(12)13/h4-5H,6H2,1-3H3. The lowest BCUT2D eigenvalue weighted by Crippen LogP contribution is -2.32. The maximum Gasteiger partial charge on any atom is 0.319 e. The third-order valence-electron chi connectivity index (χ3n) is 3.59. The molecule has 0 amide bonds. The highest BCUT2D eigenvalue weighted by Crippen LogP contribution is 2.34. The molecule has 102 valence electrons. The van der Waals surface area contributed by atoms with Gasteiger partial charge in [0.25, 0.3) is 5.56 Å². The molecule has 0 spiro atoms. The van der Waals surface area contributed by atoms with Gasteiger partial charge < -0.3 is 9.30 Å². The first-order valence-electron chi connectivity index (χ1n) is 6.28. The Morgan fingerprint density at radius 3 is 2.55 bits per heavy atom.